The molecule has 1 aliphatic rings. The molecular weight excluding hydrogens is 266 g/mol. The van der Waals surface area contributed by atoms with Crippen molar-refractivity contribution in [2.75, 3.05) is 13.2 Å². The van der Waals surface area contributed by atoms with Crippen LogP contribution in [0.15, 0.2) is 23.1 Å². The lowest BCUT2D eigenvalue weighted by Crippen LogP contribution is -2.17. The minimum Gasteiger partial charge on any atom is -0.490 e. The Morgan fingerprint density at radius 1 is 1.32 bits per heavy atom. The molecule has 0 fully saturated rings. The first-order valence-electron chi connectivity index (χ1n) is 6.06. The summed E-state index contributed by atoms with van der Waals surface area (Å²) < 4.78 is 35.4. The van der Waals surface area contributed by atoms with Gasteiger partial charge in [0.2, 0.25) is 0 Å². The standard InChI is InChI=1S/C13H15NO4S/c1-10(5-6-14)19(15,16)11-3-4-12-13(9-11)18-8-2-7-17-12/h3-4,9-10H,2,5,7-8H2,1H3. The minimum absolute atomic E-state index is 0.0310. The highest BCUT2D eigenvalue weighted by Gasteiger charge is 2.25. The number of rotatable bonds is 3. The van der Waals surface area contributed by atoms with E-state index < -0.39 is 15.1 Å². The molecule has 1 heterocycles. The Bertz CT molecular complexity index is 604. The summed E-state index contributed by atoms with van der Waals surface area (Å²) in [4.78, 5) is 0.166. The van der Waals surface area contributed by atoms with E-state index in [2.05, 4.69) is 0 Å². The smallest absolute Gasteiger partial charge is 0.182 e. The molecule has 0 saturated carbocycles. The summed E-state index contributed by atoms with van der Waals surface area (Å²) in [6.45, 7) is 2.59. The van der Waals surface area contributed by atoms with Crippen molar-refractivity contribution in [1.82, 2.24) is 0 Å². The molecule has 0 aliphatic carbocycles. The van der Waals surface area contributed by atoms with Gasteiger partial charge in [-0.1, -0.05) is 0 Å². The van der Waals surface area contributed by atoms with Gasteiger partial charge in [0.25, 0.3) is 0 Å². The molecule has 2 rings (SSSR count). The van der Waals surface area contributed by atoms with Crippen molar-refractivity contribution in [3.05, 3.63) is 18.2 Å². The minimum atomic E-state index is -3.50. The highest BCUT2D eigenvalue weighted by Crippen LogP contribution is 2.33. The monoisotopic (exact) mass is 281 g/mol. The van der Waals surface area contributed by atoms with Crippen LogP contribution in [0.4, 0.5) is 0 Å². The van der Waals surface area contributed by atoms with E-state index in [0.717, 1.165) is 6.42 Å². The van der Waals surface area contributed by atoms with Crippen molar-refractivity contribution in [2.45, 2.75) is 29.9 Å². The molecule has 1 aliphatic heterocycles. The molecule has 0 aromatic heterocycles. The first-order chi connectivity index (χ1) is 9.05. The summed E-state index contributed by atoms with van der Waals surface area (Å²) in [6, 6.07) is 6.46. The van der Waals surface area contributed by atoms with Crippen LogP contribution in [0.2, 0.25) is 0 Å². The Labute approximate surface area is 112 Å². The zero-order chi connectivity index (χ0) is 13.9. The fourth-order valence-electron chi connectivity index (χ4n) is 1.79. The van der Waals surface area contributed by atoms with E-state index in [1.807, 2.05) is 6.07 Å². The van der Waals surface area contributed by atoms with Crippen LogP contribution in [0.1, 0.15) is 19.8 Å². The summed E-state index contributed by atoms with van der Waals surface area (Å²) in [5.74, 6) is 1.01. The zero-order valence-corrected chi connectivity index (χ0v) is 11.4. The summed E-state index contributed by atoms with van der Waals surface area (Å²) in [6.07, 6.45) is 0.734. The van der Waals surface area contributed by atoms with Gasteiger partial charge >= 0.3 is 0 Å². The normalized spacial score (nSPS) is 16.2. The molecule has 5 nitrogen and oxygen atoms in total. The van der Waals surface area contributed by atoms with Gasteiger partial charge in [-0.15, -0.1) is 0 Å². The number of nitriles is 1. The van der Waals surface area contributed by atoms with Gasteiger partial charge < -0.3 is 9.47 Å². The largest absolute Gasteiger partial charge is 0.490 e. The molecule has 102 valence electrons. The average molecular weight is 281 g/mol. The van der Waals surface area contributed by atoms with Crippen LogP contribution >= 0.6 is 0 Å². The van der Waals surface area contributed by atoms with Gasteiger partial charge in [0, 0.05) is 12.5 Å². The Morgan fingerprint density at radius 3 is 2.68 bits per heavy atom. The van der Waals surface area contributed by atoms with Crippen LogP contribution in [-0.4, -0.2) is 26.9 Å². The van der Waals surface area contributed by atoms with Crippen molar-refractivity contribution in [2.24, 2.45) is 0 Å². The summed E-state index contributed by atoms with van der Waals surface area (Å²) in [5.41, 5.74) is 0. The van der Waals surface area contributed by atoms with Gasteiger partial charge in [-0.05, 0) is 19.1 Å². The number of benzene rings is 1. The zero-order valence-electron chi connectivity index (χ0n) is 10.6. The number of hydrogen-bond donors (Lipinski definition) is 0. The van der Waals surface area contributed by atoms with Crippen LogP contribution in [0, 0.1) is 11.3 Å². The summed E-state index contributed by atoms with van der Waals surface area (Å²) in [7, 11) is -3.50. The van der Waals surface area contributed by atoms with E-state index in [1.165, 1.54) is 19.1 Å². The molecule has 6 heteroatoms. The van der Waals surface area contributed by atoms with Crippen LogP contribution in [-0.2, 0) is 9.84 Å². The van der Waals surface area contributed by atoms with Crippen molar-refractivity contribution >= 4 is 9.84 Å². The molecule has 0 amide bonds. The molecule has 0 saturated heterocycles. The molecule has 0 bridgehead atoms. The van der Waals surface area contributed by atoms with Crippen LogP contribution in [0.5, 0.6) is 11.5 Å². The highest BCUT2D eigenvalue weighted by molar-refractivity contribution is 7.92. The molecule has 1 atom stereocenters. The Balaban J connectivity index is 2.37. The number of ether oxygens (including phenoxy) is 2. The highest BCUT2D eigenvalue weighted by atomic mass is 32.2. The Kier molecular flexibility index (Phi) is 3.96. The molecule has 1 aromatic rings. The predicted molar refractivity (Wildman–Crippen MR) is 68.9 cm³/mol. The number of nitrogens with zero attached hydrogens (tertiary/aromatic N) is 1. The predicted octanol–water partition coefficient (Wildman–Crippen LogP) is 1.92. The van der Waals surface area contributed by atoms with E-state index in [1.54, 1.807) is 6.07 Å². The van der Waals surface area contributed by atoms with E-state index in [4.69, 9.17) is 14.7 Å². The second kappa shape index (κ2) is 5.49. The van der Waals surface area contributed by atoms with Gasteiger partial charge in [-0.25, -0.2) is 8.42 Å². The van der Waals surface area contributed by atoms with Crippen LogP contribution in [0.3, 0.4) is 0 Å². The fourth-order valence-corrected chi connectivity index (χ4v) is 3.08. The van der Waals surface area contributed by atoms with Crippen molar-refractivity contribution in [3.63, 3.8) is 0 Å². The van der Waals surface area contributed by atoms with Crippen molar-refractivity contribution in [1.29, 1.82) is 5.26 Å². The quantitative estimate of drug-likeness (QED) is 0.846. The van der Waals surface area contributed by atoms with Crippen LogP contribution in [0.25, 0.3) is 0 Å². The van der Waals surface area contributed by atoms with E-state index in [0.29, 0.717) is 24.7 Å². The number of hydrogen-bond acceptors (Lipinski definition) is 5. The maximum Gasteiger partial charge on any atom is 0.182 e. The number of fused-ring (bicyclic) bond motifs is 1. The molecule has 1 aromatic carbocycles. The molecule has 1 unspecified atom stereocenters. The van der Waals surface area contributed by atoms with Gasteiger partial charge in [-0.3, -0.25) is 0 Å². The Hall–Kier alpha value is -1.74. The van der Waals surface area contributed by atoms with Gasteiger partial charge in [-0.2, -0.15) is 5.26 Å². The summed E-state index contributed by atoms with van der Waals surface area (Å²) in [5, 5.41) is 7.88. The maximum atomic E-state index is 12.2. The Morgan fingerprint density at radius 2 is 2.00 bits per heavy atom. The third kappa shape index (κ3) is 2.82. The third-order valence-corrected chi connectivity index (χ3v) is 5.09. The number of sulfone groups is 1. The second-order valence-corrected chi connectivity index (χ2v) is 6.74. The molecule has 0 radical (unpaired) electrons. The van der Waals surface area contributed by atoms with Gasteiger partial charge in [0.15, 0.2) is 21.3 Å². The lowest BCUT2D eigenvalue weighted by molar-refractivity contribution is 0.297. The molecular formula is C13H15NO4S. The third-order valence-electron chi connectivity index (χ3n) is 2.96. The first kappa shape index (κ1) is 13.7. The van der Waals surface area contributed by atoms with Crippen molar-refractivity contribution < 1.29 is 17.9 Å². The topological polar surface area (TPSA) is 76.4 Å². The fraction of sp³-hybridized carbons (Fsp3) is 0.462. The van der Waals surface area contributed by atoms with Gasteiger partial charge in [0.1, 0.15) is 0 Å². The first-order valence-corrected chi connectivity index (χ1v) is 7.61. The van der Waals surface area contributed by atoms with Gasteiger partial charge in [0.05, 0.1) is 35.8 Å². The lowest BCUT2D eigenvalue weighted by Gasteiger charge is -2.12. The lowest BCUT2D eigenvalue weighted by atomic mass is 10.3. The molecule has 19 heavy (non-hydrogen) atoms. The van der Waals surface area contributed by atoms with E-state index >= 15 is 0 Å². The molecule has 0 spiro atoms. The van der Waals surface area contributed by atoms with Crippen LogP contribution < -0.4 is 9.47 Å². The average Bonchev–Trinajstić information content (AvgIpc) is 2.63. The summed E-state index contributed by atoms with van der Waals surface area (Å²) >= 11 is 0. The molecule has 0 N–H and O–H groups in total. The SMILES string of the molecule is CC(CC#N)S(=O)(=O)c1ccc2c(c1)OCCCO2. The second-order valence-electron chi connectivity index (χ2n) is 4.38. The van der Waals surface area contributed by atoms with E-state index in [9.17, 15) is 8.42 Å². The van der Waals surface area contributed by atoms with E-state index in [-0.39, 0.29) is 11.3 Å². The van der Waals surface area contributed by atoms with Crippen molar-refractivity contribution in [3.8, 4) is 17.6 Å². The maximum absolute atomic E-state index is 12.2.